The van der Waals surface area contributed by atoms with E-state index in [0.29, 0.717) is 17.4 Å². The molecule has 5 heteroatoms. The lowest BCUT2D eigenvalue weighted by molar-refractivity contribution is 0.399. The third-order valence-electron chi connectivity index (χ3n) is 2.46. The van der Waals surface area contributed by atoms with E-state index in [0.717, 1.165) is 12.8 Å². The van der Waals surface area contributed by atoms with Gasteiger partial charge < -0.3 is 15.8 Å². The highest BCUT2D eigenvalue weighted by Crippen LogP contribution is 2.39. The molecule has 5 nitrogen and oxygen atoms in total. The quantitative estimate of drug-likeness (QED) is 0.751. The molecule has 0 bridgehead atoms. The van der Waals surface area contributed by atoms with Crippen LogP contribution in [-0.4, -0.2) is 22.6 Å². The van der Waals surface area contributed by atoms with Crippen molar-refractivity contribution in [2.45, 2.75) is 25.3 Å². The van der Waals surface area contributed by atoms with Crippen LogP contribution in [0.2, 0.25) is 0 Å². The summed E-state index contributed by atoms with van der Waals surface area (Å²) in [7, 11) is 1.54. The van der Waals surface area contributed by atoms with Gasteiger partial charge in [0.05, 0.1) is 7.11 Å². The Labute approximate surface area is 82.7 Å². The smallest absolute Gasteiger partial charge is 0.242 e. The summed E-state index contributed by atoms with van der Waals surface area (Å²) in [5, 5.41) is 3.28. The normalized spacial score (nSPS) is 17.6. The maximum absolute atomic E-state index is 5.82. The van der Waals surface area contributed by atoms with E-state index in [1.54, 1.807) is 7.11 Å². The molecule has 14 heavy (non-hydrogen) atoms. The third kappa shape index (κ3) is 1.57. The summed E-state index contributed by atoms with van der Waals surface area (Å²) in [5.41, 5.74) is 6.45. The molecule has 0 saturated heterocycles. The van der Waals surface area contributed by atoms with Gasteiger partial charge >= 0.3 is 0 Å². The Kier molecular flexibility index (Phi) is 1.94. The second-order valence-corrected chi connectivity index (χ2v) is 3.83. The van der Waals surface area contributed by atoms with Crippen molar-refractivity contribution < 1.29 is 4.74 Å². The van der Waals surface area contributed by atoms with Crippen molar-refractivity contribution in [1.82, 2.24) is 9.97 Å². The van der Waals surface area contributed by atoms with E-state index < -0.39 is 0 Å². The number of nitrogens with two attached hydrogens (primary N) is 1. The monoisotopic (exact) mass is 194 g/mol. The molecule has 1 aliphatic carbocycles. The number of rotatable bonds is 3. The van der Waals surface area contributed by atoms with Crippen LogP contribution >= 0.6 is 0 Å². The molecule has 0 aliphatic heterocycles. The summed E-state index contributed by atoms with van der Waals surface area (Å²) in [5.74, 6) is 1.09. The molecule has 1 heterocycles. The Morgan fingerprint density at radius 1 is 1.50 bits per heavy atom. The van der Waals surface area contributed by atoms with Crippen molar-refractivity contribution in [3.8, 4) is 5.88 Å². The SMILES string of the molecule is COc1ncnc(NC2(C)CC2)c1N. The van der Waals surface area contributed by atoms with Gasteiger partial charge in [0, 0.05) is 5.54 Å². The number of aromatic nitrogens is 2. The molecular formula is C9H14N4O. The minimum Gasteiger partial charge on any atom is -0.479 e. The molecule has 0 spiro atoms. The van der Waals surface area contributed by atoms with Crippen molar-refractivity contribution in [2.75, 3.05) is 18.2 Å². The Morgan fingerprint density at radius 2 is 2.21 bits per heavy atom. The molecule has 1 saturated carbocycles. The summed E-state index contributed by atoms with van der Waals surface area (Å²) in [6.45, 7) is 2.14. The van der Waals surface area contributed by atoms with Gasteiger partial charge in [0.1, 0.15) is 12.0 Å². The first kappa shape index (κ1) is 9.05. The van der Waals surface area contributed by atoms with E-state index in [4.69, 9.17) is 10.5 Å². The number of methoxy groups -OCH3 is 1. The van der Waals surface area contributed by atoms with Crippen LogP contribution in [0, 0.1) is 0 Å². The second kappa shape index (κ2) is 3.01. The molecule has 1 aromatic heterocycles. The lowest BCUT2D eigenvalue weighted by atomic mass is 10.3. The number of hydrogen-bond donors (Lipinski definition) is 2. The van der Waals surface area contributed by atoms with Crippen LogP contribution in [0.25, 0.3) is 0 Å². The molecule has 1 aromatic rings. The molecule has 0 atom stereocenters. The molecule has 1 fully saturated rings. The Bertz CT molecular complexity index is 349. The molecule has 2 rings (SSSR count). The topological polar surface area (TPSA) is 73.1 Å². The number of nitrogens with one attached hydrogen (secondary N) is 1. The molecule has 3 N–H and O–H groups in total. The van der Waals surface area contributed by atoms with E-state index in [-0.39, 0.29) is 5.54 Å². The summed E-state index contributed by atoms with van der Waals surface area (Å²) in [6.07, 6.45) is 3.75. The van der Waals surface area contributed by atoms with Crippen LogP contribution in [0.4, 0.5) is 11.5 Å². The summed E-state index contributed by atoms with van der Waals surface area (Å²) >= 11 is 0. The molecule has 0 aromatic carbocycles. The van der Waals surface area contributed by atoms with E-state index in [1.165, 1.54) is 6.33 Å². The second-order valence-electron chi connectivity index (χ2n) is 3.83. The van der Waals surface area contributed by atoms with E-state index in [9.17, 15) is 0 Å². The van der Waals surface area contributed by atoms with Crippen LogP contribution in [0.5, 0.6) is 5.88 Å². The largest absolute Gasteiger partial charge is 0.479 e. The van der Waals surface area contributed by atoms with Crippen molar-refractivity contribution in [1.29, 1.82) is 0 Å². The highest BCUT2D eigenvalue weighted by atomic mass is 16.5. The number of hydrogen-bond acceptors (Lipinski definition) is 5. The molecule has 76 valence electrons. The van der Waals surface area contributed by atoms with Gasteiger partial charge in [-0.25, -0.2) is 4.98 Å². The first-order chi connectivity index (χ1) is 6.64. The minimum atomic E-state index is 0.160. The van der Waals surface area contributed by atoms with Crippen LogP contribution in [-0.2, 0) is 0 Å². The zero-order valence-electron chi connectivity index (χ0n) is 8.37. The zero-order valence-corrected chi connectivity index (χ0v) is 8.37. The van der Waals surface area contributed by atoms with Gasteiger partial charge in [-0.3, -0.25) is 0 Å². The lowest BCUT2D eigenvalue weighted by Crippen LogP contribution is -2.18. The average molecular weight is 194 g/mol. The van der Waals surface area contributed by atoms with Gasteiger partial charge in [0.25, 0.3) is 0 Å². The van der Waals surface area contributed by atoms with E-state index >= 15 is 0 Å². The number of nitrogen functional groups attached to an aromatic ring is 1. The molecular weight excluding hydrogens is 180 g/mol. The first-order valence-corrected chi connectivity index (χ1v) is 4.57. The van der Waals surface area contributed by atoms with Crippen LogP contribution in [0.3, 0.4) is 0 Å². The van der Waals surface area contributed by atoms with Crippen LogP contribution in [0.1, 0.15) is 19.8 Å². The Balaban J connectivity index is 2.24. The number of anilines is 2. The van der Waals surface area contributed by atoms with Gasteiger partial charge in [-0.2, -0.15) is 4.98 Å². The van der Waals surface area contributed by atoms with Gasteiger partial charge in [-0.1, -0.05) is 0 Å². The van der Waals surface area contributed by atoms with Gasteiger partial charge in [0.2, 0.25) is 5.88 Å². The van der Waals surface area contributed by atoms with Crippen LogP contribution < -0.4 is 15.8 Å². The fourth-order valence-electron chi connectivity index (χ4n) is 1.24. The lowest BCUT2D eigenvalue weighted by Gasteiger charge is -2.14. The van der Waals surface area contributed by atoms with Crippen LogP contribution in [0.15, 0.2) is 6.33 Å². The summed E-state index contributed by atoms with van der Waals surface area (Å²) < 4.78 is 5.00. The highest BCUT2D eigenvalue weighted by molar-refractivity contribution is 5.67. The molecule has 0 amide bonds. The van der Waals surface area contributed by atoms with Crippen molar-refractivity contribution in [3.05, 3.63) is 6.33 Å². The van der Waals surface area contributed by atoms with Crippen molar-refractivity contribution >= 4 is 11.5 Å². The fourth-order valence-corrected chi connectivity index (χ4v) is 1.24. The summed E-state index contributed by atoms with van der Waals surface area (Å²) in [4.78, 5) is 7.99. The van der Waals surface area contributed by atoms with E-state index in [1.807, 2.05) is 0 Å². The van der Waals surface area contributed by atoms with Gasteiger partial charge in [0.15, 0.2) is 5.82 Å². The van der Waals surface area contributed by atoms with Gasteiger partial charge in [-0.05, 0) is 19.8 Å². The van der Waals surface area contributed by atoms with Crippen molar-refractivity contribution in [2.24, 2.45) is 0 Å². The molecule has 0 unspecified atom stereocenters. The van der Waals surface area contributed by atoms with Gasteiger partial charge in [-0.15, -0.1) is 0 Å². The zero-order chi connectivity index (χ0) is 10.2. The third-order valence-corrected chi connectivity index (χ3v) is 2.46. The Morgan fingerprint density at radius 3 is 2.79 bits per heavy atom. The summed E-state index contributed by atoms with van der Waals surface area (Å²) in [6, 6.07) is 0. The predicted octanol–water partition coefficient (Wildman–Crippen LogP) is 1.03. The highest BCUT2D eigenvalue weighted by Gasteiger charge is 2.38. The maximum Gasteiger partial charge on any atom is 0.242 e. The first-order valence-electron chi connectivity index (χ1n) is 4.57. The maximum atomic E-state index is 5.82. The molecule has 1 aliphatic rings. The predicted molar refractivity (Wildman–Crippen MR) is 54.3 cm³/mol. The standard InChI is InChI=1S/C9H14N4O/c1-9(3-4-9)13-7-6(10)8(14-2)12-5-11-7/h5H,3-4,10H2,1-2H3,(H,11,12,13). The fraction of sp³-hybridized carbons (Fsp3) is 0.556. The minimum absolute atomic E-state index is 0.160. The number of nitrogens with zero attached hydrogens (tertiary/aromatic N) is 2. The number of ether oxygens (including phenoxy) is 1. The average Bonchev–Trinajstić information content (AvgIpc) is 2.88. The molecule has 0 radical (unpaired) electrons. The Hall–Kier alpha value is -1.52. The van der Waals surface area contributed by atoms with E-state index in [2.05, 4.69) is 22.2 Å². The van der Waals surface area contributed by atoms with Crippen molar-refractivity contribution in [3.63, 3.8) is 0 Å².